The molecule has 122 valence electrons. The summed E-state index contributed by atoms with van der Waals surface area (Å²) in [5, 5.41) is 0. The molecule has 0 bridgehead atoms. The van der Waals surface area contributed by atoms with Crippen molar-refractivity contribution in [3.8, 4) is 0 Å². The fraction of sp³-hybridized carbons (Fsp3) is 0.667. The lowest BCUT2D eigenvalue weighted by molar-refractivity contribution is -0.121. The number of hydrogen-bond acceptors (Lipinski definition) is 3. The van der Waals surface area contributed by atoms with Crippen LogP contribution in [0.2, 0.25) is 0 Å². The molecule has 1 aromatic heterocycles. The minimum atomic E-state index is 0.288. The van der Waals surface area contributed by atoms with Crippen LogP contribution in [0.1, 0.15) is 62.8 Å². The van der Waals surface area contributed by atoms with E-state index in [2.05, 4.69) is 52.4 Å². The normalized spacial score (nSPS) is 22.8. The lowest BCUT2D eigenvalue weighted by Gasteiger charge is -2.30. The number of carbonyl (C=O) groups is 1. The lowest BCUT2D eigenvalue weighted by atomic mass is 9.76. The largest absolute Gasteiger partial charge is 0.341 e. The van der Waals surface area contributed by atoms with E-state index in [1.54, 1.807) is 0 Å². The third kappa shape index (κ3) is 3.87. The maximum Gasteiger partial charge on any atom is 0.133 e. The van der Waals surface area contributed by atoms with Gasteiger partial charge in [-0.2, -0.15) is 0 Å². The Morgan fingerprint density at radius 3 is 2.68 bits per heavy atom. The van der Waals surface area contributed by atoms with Crippen molar-refractivity contribution in [3.63, 3.8) is 0 Å². The van der Waals surface area contributed by atoms with Gasteiger partial charge in [-0.1, -0.05) is 20.8 Å². The van der Waals surface area contributed by atoms with Crippen molar-refractivity contribution in [1.82, 2.24) is 4.98 Å². The average Bonchev–Trinajstić information content (AvgIpc) is 2.43. The number of rotatable bonds is 4. The SMILES string of the molecule is Cc1cc(N(C)PC(C)C)nc(C2CC(=O)CCC2C)c1C. The van der Waals surface area contributed by atoms with Gasteiger partial charge in [-0.15, -0.1) is 0 Å². The van der Waals surface area contributed by atoms with Gasteiger partial charge in [-0.3, -0.25) is 4.79 Å². The summed E-state index contributed by atoms with van der Waals surface area (Å²) in [5.74, 6) is 2.27. The molecule has 2 rings (SSSR count). The highest BCUT2D eigenvalue weighted by Crippen LogP contribution is 2.39. The Morgan fingerprint density at radius 1 is 1.36 bits per heavy atom. The fourth-order valence-corrected chi connectivity index (χ4v) is 4.26. The van der Waals surface area contributed by atoms with Crippen LogP contribution in [0.25, 0.3) is 0 Å². The predicted molar refractivity (Wildman–Crippen MR) is 96.3 cm³/mol. The molecule has 0 N–H and O–H groups in total. The molecule has 0 aliphatic heterocycles. The molecule has 1 heterocycles. The molecule has 0 spiro atoms. The molecule has 3 nitrogen and oxygen atoms in total. The minimum Gasteiger partial charge on any atom is -0.341 e. The van der Waals surface area contributed by atoms with Crippen LogP contribution in [0.3, 0.4) is 0 Å². The molecular weight excluding hydrogens is 291 g/mol. The van der Waals surface area contributed by atoms with Crippen LogP contribution in [-0.4, -0.2) is 23.5 Å². The maximum atomic E-state index is 11.9. The summed E-state index contributed by atoms with van der Waals surface area (Å²) in [4.78, 5) is 16.9. The third-order valence-corrected chi connectivity index (χ3v) is 5.85. The Labute approximate surface area is 136 Å². The minimum absolute atomic E-state index is 0.288. The molecule has 0 saturated heterocycles. The number of Topliss-reactive ketones (excluding diaryl/α,β-unsaturated/α-hetero) is 1. The van der Waals surface area contributed by atoms with Gasteiger partial charge in [0, 0.05) is 31.5 Å². The standard InChI is InChI=1S/C18H29N2OP/c1-11(2)22-20(6)17-9-13(4)14(5)18(19-17)16-10-15(21)8-7-12(16)3/h9,11-12,16,22H,7-8,10H2,1-6H3. The average molecular weight is 320 g/mol. The van der Waals surface area contributed by atoms with Crippen molar-refractivity contribution in [2.45, 2.75) is 65.5 Å². The molecule has 1 aliphatic rings. The zero-order chi connectivity index (χ0) is 16.4. The highest BCUT2D eigenvalue weighted by Gasteiger charge is 2.30. The van der Waals surface area contributed by atoms with Crippen LogP contribution in [0.5, 0.6) is 0 Å². The van der Waals surface area contributed by atoms with Gasteiger partial charge in [0.15, 0.2) is 0 Å². The van der Waals surface area contributed by atoms with E-state index in [9.17, 15) is 4.79 Å². The van der Waals surface area contributed by atoms with Crippen molar-refractivity contribution >= 4 is 20.3 Å². The van der Waals surface area contributed by atoms with E-state index < -0.39 is 0 Å². The van der Waals surface area contributed by atoms with Crippen LogP contribution in [0.4, 0.5) is 5.82 Å². The molecule has 1 fully saturated rings. The summed E-state index contributed by atoms with van der Waals surface area (Å²) in [7, 11) is 2.85. The summed E-state index contributed by atoms with van der Waals surface area (Å²) < 4.78 is 2.26. The Morgan fingerprint density at radius 2 is 2.05 bits per heavy atom. The first-order valence-electron chi connectivity index (χ1n) is 8.29. The van der Waals surface area contributed by atoms with E-state index in [0.717, 1.165) is 33.1 Å². The molecule has 0 aromatic carbocycles. The molecule has 3 unspecified atom stereocenters. The van der Waals surface area contributed by atoms with Gasteiger partial charge in [0.25, 0.3) is 0 Å². The smallest absolute Gasteiger partial charge is 0.133 e. The van der Waals surface area contributed by atoms with Gasteiger partial charge in [-0.25, -0.2) is 4.98 Å². The second kappa shape index (κ2) is 7.08. The summed E-state index contributed by atoms with van der Waals surface area (Å²) in [6, 6.07) is 2.18. The second-order valence-corrected chi connectivity index (χ2v) is 9.10. The molecule has 4 heteroatoms. The second-order valence-electron chi connectivity index (χ2n) is 7.02. The van der Waals surface area contributed by atoms with E-state index in [0.29, 0.717) is 23.8 Å². The van der Waals surface area contributed by atoms with Gasteiger partial charge >= 0.3 is 0 Å². The van der Waals surface area contributed by atoms with Gasteiger partial charge < -0.3 is 4.67 Å². The molecule has 3 atom stereocenters. The van der Waals surface area contributed by atoms with E-state index in [1.165, 1.54) is 11.1 Å². The molecule has 1 saturated carbocycles. The molecular formula is C18H29N2OP. The topological polar surface area (TPSA) is 33.2 Å². The van der Waals surface area contributed by atoms with Crippen molar-refractivity contribution in [2.75, 3.05) is 11.7 Å². The molecule has 1 aromatic rings. The van der Waals surface area contributed by atoms with Crippen LogP contribution in [0.15, 0.2) is 6.07 Å². The van der Waals surface area contributed by atoms with Gasteiger partial charge in [0.2, 0.25) is 0 Å². The predicted octanol–water partition coefficient (Wildman–Crippen LogP) is 4.61. The summed E-state index contributed by atoms with van der Waals surface area (Å²) in [5.41, 5.74) is 4.32. The molecule has 0 amide bonds. The van der Waals surface area contributed by atoms with Gasteiger partial charge in [-0.05, 0) is 57.8 Å². The number of carbonyl (C=O) groups excluding carboxylic acids is 1. The van der Waals surface area contributed by atoms with Crippen LogP contribution in [-0.2, 0) is 4.79 Å². The first-order chi connectivity index (χ1) is 10.3. The van der Waals surface area contributed by atoms with Crippen molar-refractivity contribution in [2.24, 2.45) is 5.92 Å². The van der Waals surface area contributed by atoms with E-state index in [-0.39, 0.29) is 5.92 Å². The van der Waals surface area contributed by atoms with Crippen molar-refractivity contribution in [1.29, 1.82) is 0 Å². The fourth-order valence-electron chi connectivity index (χ4n) is 3.23. The molecule has 0 radical (unpaired) electrons. The number of aromatic nitrogens is 1. The summed E-state index contributed by atoms with van der Waals surface area (Å²) >= 11 is 0. The van der Waals surface area contributed by atoms with E-state index in [4.69, 9.17) is 4.98 Å². The van der Waals surface area contributed by atoms with Gasteiger partial charge in [0.05, 0.1) is 0 Å². The third-order valence-electron chi connectivity index (χ3n) is 4.72. The first-order valence-corrected chi connectivity index (χ1v) is 9.31. The number of hydrogen-bond donors (Lipinski definition) is 0. The Bertz CT molecular complexity index is 556. The number of ketones is 1. The highest BCUT2D eigenvalue weighted by atomic mass is 31.1. The number of anilines is 1. The summed E-state index contributed by atoms with van der Waals surface area (Å²) in [6.45, 7) is 11.0. The maximum absolute atomic E-state index is 11.9. The number of aryl methyl sites for hydroxylation is 1. The molecule has 1 aliphatic carbocycles. The number of pyridine rings is 1. The summed E-state index contributed by atoms with van der Waals surface area (Å²) in [6.07, 6.45) is 2.40. The van der Waals surface area contributed by atoms with E-state index >= 15 is 0 Å². The Balaban J connectivity index is 2.37. The van der Waals surface area contributed by atoms with Crippen molar-refractivity contribution < 1.29 is 4.79 Å². The first kappa shape index (κ1) is 17.4. The van der Waals surface area contributed by atoms with Crippen LogP contribution in [0, 0.1) is 19.8 Å². The van der Waals surface area contributed by atoms with E-state index in [1.807, 2.05) is 0 Å². The lowest BCUT2D eigenvalue weighted by Crippen LogP contribution is -2.24. The quantitative estimate of drug-likeness (QED) is 0.760. The molecule has 22 heavy (non-hydrogen) atoms. The Kier molecular flexibility index (Phi) is 5.60. The Hall–Kier alpha value is -0.950. The number of nitrogens with zero attached hydrogens (tertiary/aromatic N) is 2. The highest BCUT2D eigenvalue weighted by molar-refractivity contribution is 7.40. The van der Waals surface area contributed by atoms with Crippen LogP contribution < -0.4 is 4.67 Å². The van der Waals surface area contributed by atoms with Gasteiger partial charge in [0.1, 0.15) is 11.6 Å². The monoisotopic (exact) mass is 320 g/mol. The zero-order valence-electron chi connectivity index (χ0n) is 14.7. The van der Waals surface area contributed by atoms with Crippen LogP contribution >= 0.6 is 8.73 Å². The van der Waals surface area contributed by atoms with Crippen molar-refractivity contribution in [3.05, 3.63) is 22.9 Å². The zero-order valence-corrected chi connectivity index (χ0v) is 15.7.